The van der Waals surface area contributed by atoms with E-state index in [4.69, 9.17) is 0 Å². The third-order valence-corrected chi connectivity index (χ3v) is 3.95. The maximum atomic E-state index is 12.3. The first-order chi connectivity index (χ1) is 11.5. The SMILES string of the molecule is Cc1ccc(-c2cc(C(=O)NCc3cccnc3)nn2C)c(C)c1. The Hall–Kier alpha value is -2.95. The second kappa shape index (κ2) is 6.66. The number of rotatable bonds is 4. The van der Waals surface area contributed by atoms with Crippen LogP contribution in [0.2, 0.25) is 0 Å². The zero-order valence-corrected chi connectivity index (χ0v) is 14.1. The monoisotopic (exact) mass is 320 g/mol. The summed E-state index contributed by atoms with van der Waals surface area (Å²) in [6.45, 7) is 4.57. The van der Waals surface area contributed by atoms with Crippen molar-refractivity contribution in [3.8, 4) is 11.3 Å². The number of hydrogen-bond acceptors (Lipinski definition) is 3. The number of benzene rings is 1. The van der Waals surface area contributed by atoms with Crippen LogP contribution >= 0.6 is 0 Å². The van der Waals surface area contributed by atoms with Crippen LogP contribution in [-0.4, -0.2) is 20.7 Å². The van der Waals surface area contributed by atoms with Gasteiger partial charge in [-0.25, -0.2) is 0 Å². The molecule has 5 nitrogen and oxygen atoms in total. The molecule has 3 rings (SSSR count). The number of nitrogens with zero attached hydrogens (tertiary/aromatic N) is 3. The first-order valence-corrected chi connectivity index (χ1v) is 7.83. The maximum Gasteiger partial charge on any atom is 0.272 e. The van der Waals surface area contributed by atoms with Crippen molar-refractivity contribution in [1.29, 1.82) is 0 Å². The Morgan fingerprint density at radius 1 is 1.21 bits per heavy atom. The zero-order chi connectivity index (χ0) is 17.1. The highest BCUT2D eigenvalue weighted by Gasteiger charge is 2.15. The van der Waals surface area contributed by atoms with Crippen LogP contribution in [0.4, 0.5) is 0 Å². The summed E-state index contributed by atoms with van der Waals surface area (Å²) in [5.74, 6) is -0.189. The number of carbonyl (C=O) groups is 1. The van der Waals surface area contributed by atoms with Crippen LogP contribution in [0.5, 0.6) is 0 Å². The third-order valence-electron chi connectivity index (χ3n) is 3.95. The van der Waals surface area contributed by atoms with Crippen LogP contribution in [0.15, 0.2) is 48.8 Å². The number of pyridine rings is 1. The average molecular weight is 320 g/mol. The van der Waals surface area contributed by atoms with Gasteiger partial charge in [0.15, 0.2) is 5.69 Å². The number of aryl methyl sites for hydroxylation is 3. The van der Waals surface area contributed by atoms with Gasteiger partial charge in [-0.05, 0) is 37.1 Å². The summed E-state index contributed by atoms with van der Waals surface area (Å²) in [6.07, 6.45) is 3.44. The van der Waals surface area contributed by atoms with Crippen molar-refractivity contribution in [2.24, 2.45) is 7.05 Å². The minimum absolute atomic E-state index is 0.189. The molecule has 122 valence electrons. The van der Waals surface area contributed by atoms with E-state index in [1.54, 1.807) is 17.1 Å². The molecular weight excluding hydrogens is 300 g/mol. The van der Waals surface area contributed by atoms with Crippen molar-refractivity contribution in [1.82, 2.24) is 20.1 Å². The molecule has 5 heteroatoms. The van der Waals surface area contributed by atoms with Crippen molar-refractivity contribution >= 4 is 5.91 Å². The summed E-state index contributed by atoms with van der Waals surface area (Å²) in [7, 11) is 1.85. The van der Waals surface area contributed by atoms with E-state index in [0.29, 0.717) is 12.2 Å². The fourth-order valence-electron chi connectivity index (χ4n) is 2.71. The lowest BCUT2D eigenvalue weighted by Gasteiger charge is -2.06. The zero-order valence-electron chi connectivity index (χ0n) is 14.1. The van der Waals surface area contributed by atoms with E-state index in [9.17, 15) is 4.79 Å². The fourth-order valence-corrected chi connectivity index (χ4v) is 2.71. The summed E-state index contributed by atoms with van der Waals surface area (Å²) >= 11 is 0. The number of hydrogen-bond donors (Lipinski definition) is 1. The molecule has 2 aromatic heterocycles. The van der Waals surface area contributed by atoms with E-state index in [1.165, 1.54) is 11.1 Å². The Labute approximate surface area is 141 Å². The van der Waals surface area contributed by atoms with Crippen molar-refractivity contribution in [2.75, 3.05) is 0 Å². The van der Waals surface area contributed by atoms with Gasteiger partial charge in [0, 0.05) is 31.5 Å². The number of carbonyl (C=O) groups excluding carboxylic acids is 1. The number of nitrogens with one attached hydrogen (secondary N) is 1. The van der Waals surface area contributed by atoms with Gasteiger partial charge in [-0.15, -0.1) is 0 Å². The molecule has 3 aromatic rings. The molecule has 1 N–H and O–H groups in total. The fraction of sp³-hybridized carbons (Fsp3) is 0.211. The summed E-state index contributed by atoms with van der Waals surface area (Å²) < 4.78 is 1.75. The summed E-state index contributed by atoms with van der Waals surface area (Å²) in [5.41, 5.74) is 5.77. The molecule has 0 bridgehead atoms. The van der Waals surface area contributed by atoms with Gasteiger partial charge in [0.05, 0.1) is 5.69 Å². The highest BCUT2D eigenvalue weighted by atomic mass is 16.1. The van der Waals surface area contributed by atoms with E-state index < -0.39 is 0 Å². The van der Waals surface area contributed by atoms with Gasteiger partial charge < -0.3 is 5.32 Å². The molecule has 0 aliphatic carbocycles. The quantitative estimate of drug-likeness (QED) is 0.804. The van der Waals surface area contributed by atoms with E-state index in [0.717, 1.165) is 16.8 Å². The molecule has 1 amide bonds. The largest absolute Gasteiger partial charge is 0.347 e. The molecule has 0 aliphatic heterocycles. The van der Waals surface area contributed by atoms with Crippen molar-refractivity contribution < 1.29 is 4.79 Å². The van der Waals surface area contributed by atoms with Gasteiger partial charge in [0.25, 0.3) is 5.91 Å². The Kier molecular flexibility index (Phi) is 4.42. The van der Waals surface area contributed by atoms with Crippen molar-refractivity contribution in [3.05, 3.63) is 71.2 Å². The lowest BCUT2D eigenvalue weighted by Crippen LogP contribution is -2.23. The lowest BCUT2D eigenvalue weighted by atomic mass is 10.0. The molecule has 0 aliphatic rings. The van der Waals surface area contributed by atoms with Crippen molar-refractivity contribution in [3.63, 3.8) is 0 Å². The Morgan fingerprint density at radius 3 is 2.75 bits per heavy atom. The van der Waals surface area contributed by atoms with Crippen LogP contribution < -0.4 is 5.32 Å². The molecule has 0 spiro atoms. The highest BCUT2D eigenvalue weighted by molar-refractivity contribution is 5.93. The Morgan fingerprint density at radius 2 is 2.04 bits per heavy atom. The molecule has 0 fully saturated rings. The van der Waals surface area contributed by atoms with Crippen molar-refractivity contribution in [2.45, 2.75) is 20.4 Å². The average Bonchev–Trinajstić information content (AvgIpc) is 2.95. The maximum absolute atomic E-state index is 12.3. The van der Waals surface area contributed by atoms with Gasteiger partial charge >= 0.3 is 0 Å². The predicted octanol–water partition coefficient (Wildman–Crippen LogP) is 3.03. The van der Waals surface area contributed by atoms with Gasteiger partial charge in [-0.3, -0.25) is 14.5 Å². The summed E-state index contributed by atoms with van der Waals surface area (Å²) in [5, 5.41) is 7.23. The summed E-state index contributed by atoms with van der Waals surface area (Å²) in [4.78, 5) is 16.4. The molecule has 0 radical (unpaired) electrons. The normalized spacial score (nSPS) is 10.6. The van der Waals surface area contributed by atoms with E-state index >= 15 is 0 Å². The number of amides is 1. The predicted molar refractivity (Wildman–Crippen MR) is 93.5 cm³/mol. The van der Waals surface area contributed by atoms with Crippen LogP contribution in [0.1, 0.15) is 27.2 Å². The number of aromatic nitrogens is 3. The molecule has 0 saturated carbocycles. The molecular formula is C19H20N4O. The first-order valence-electron chi connectivity index (χ1n) is 7.83. The van der Waals surface area contributed by atoms with E-state index in [1.807, 2.05) is 25.2 Å². The molecule has 2 heterocycles. The Bertz CT molecular complexity index is 868. The van der Waals surface area contributed by atoms with Gasteiger partial charge in [0.2, 0.25) is 0 Å². The topological polar surface area (TPSA) is 59.8 Å². The van der Waals surface area contributed by atoms with Crippen LogP contribution in [-0.2, 0) is 13.6 Å². The highest BCUT2D eigenvalue weighted by Crippen LogP contribution is 2.24. The summed E-state index contributed by atoms with van der Waals surface area (Å²) in [6, 6.07) is 11.9. The molecule has 1 aromatic carbocycles. The molecule has 0 atom stereocenters. The Balaban J connectivity index is 1.79. The lowest BCUT2D eigenvalue weighted by molar-refractivity contribution is 0.0945. The van der Waals surface area contributed by atoms with Crippen LogP contribution in [0, 0.1) is 13.8 Å². The van der Waals surface area contributed by atoms with E-state index in [2.05, 4.69) is 47.4 Å². The van der Waals surface area contributed by atoms with Gasteiger partial charge in [-0.2, -0.15) is 5.10 Å². The smallest absolute Gasteiger partial charge is 0.272 e. The minimum Gasteiger partial charge on any atom is -0.347 e. The molecule has 0 saturated heterocycles. The second-order valence-electron chi connectivity index (χ2n) is 5.90. The standard InChI is InChI=1S/C19H20N4O/c1-13-6-7-16(14(2)9-13)18-10-17(22-23(18)3)19(24)21-12-15-5-4-8-20-11-15/h4-11H,12H2,1-3H3,(H,21,24). The third kappa shape index (κ3) is 3.35. The van der Waals surface area contributed by atoms with Crippen LogP contribution in [0.3, 0.4) is 0 Å². The van der Waals surface area contributed by atoms with E-state index in [-0.39, 0.29) is 5.91 Å². The van der Waals surface area contributed by atoms with Crippen LogP contribution in [0.25, 0.3) is 11.3 Å². The molecule has 0 unspecified atom stereocenters. The molecule has 24 heavy (non-hydrogen) atoms. The van der Waals surface area contributed by atoms with Gasteiger partial charge in [-0.1, -0.05) is 29.8 Å². The second-order valence-corrected chi connectivity index (χ2v) is 5.90. The van der Waals surface area contributed by atoms with Gasteiger partial charge in [0.1, 0.15) is 0 Å². The minimum atomic E-state index is -0.189. The first kappa shape index (κ1) is 15.9.